The highest BCUT2D eigenvalue weighted by atomic mass is 32.2. The highest BCUT2D eigenvalue weighted by Crippen LogP contribution is 2.09. The molecular weight excluding hydrogens is 358 g/mol. The van der Waals surface area contributed by atoms with Gasteiger partial charge in [-0.25, -0.2) is 8.42 Å². The Balaban J connectivity index is 2.19. The van der Waals surface area contributed by atoms with Crippen molar-refractivity contribution in [2.75, 3.05) is 19.8 Å². The Kier molecular flexibility index (Phi) is 11.8. The fourth-order valence-corrected chi connectivity index (χ4v) is 3.73. The molecular formula is C21H37N3O2S. The van der Waals surface area contributed by atoms with Gasteiger partial charge in [0.2, 0.25) is 0 Å². The van der Waals surface area contributed by atoms with Gasteiger partial charge in [0, 0.05) is 26.4 Å². The standard InChI is InChI=1S/C21H37N3O2S/c1-4-5-6-7-8-9-10-11-16-23-21(22-2)24-17-19-12-14-20(15-13-19)18-27(3,25)26/h12-15H,4-11,16-18H2,1-3H3,(H2,22,23,24). The molecule has 0 heterocycles. The van der Waals surface area contributed by atoms with Gasteiger partial charge >= 0.3 is 0 Å². The van der Waals surface area contributed by atoms with Crippen LogP contribution in [0, 0.1) is 0 Å². The van der Waals surface area contributed by atoms with Crippen molar-refractivity contribution in [3.8, 4) is 0 Å². The lowest BCUT2D eigenvalue weighted by molar-refractivity contribution is 0.571. The zero-order chi connectivity index (χ0) is 20.0. The summed E-state index contributed by atoms with van der Waals surface area (Å²) < 4.78 is 22.7. The lowest BCUT2D eigenvalue weighted by atomic mass is 10.1. The summed E-state index contributed by atoms with van der Waals surface area (Å²) in [5, 5.41) is 6.65. The van der Waals surface area contributed by atoms with E-state index in [0.717, 1.165) is 30.1 Å². The van der Waals surface area contributed by atoms with Gasteiger partial charge in [0.05, 0.1) is 5.75 Å². The van der Waals surface area contributed by atoms with Crippen LogP contribution >= 0.6 is 0 Å². The second-order valence-corrected chi connectivity index (χ2v) is 9.35. The summed E-state index contributed by atoms with van der Waals surface area (Å²) in [7, 11) is -1.21. The third kappa shape index (κ3) is 12.5. The van der Waals surface area contributed by atoms with E-state index in [9.17, 15) is 8.42 Å². The van der Waals surface area contributed by atoms with Crippen LogP contribution in [0.4, 0.5) is 0 Å². The number of hydrogen-bond acceptors (Lipinski definition) is 3. The number of rotatable bonds is 13. The van der Waals surface area contributed by atoms with Crippen molar-refractivity contribution in [3.63, 3.8) is 0 Å². The van der Waals surface area contributed by atoms with Crippen LogP contribution in [0.25, 0.3) is 0 Å². The number of sulfone groups is 1. The summed E-state index contributed by atoms with van der Waals surface area (Å²) in [6, 6.07) is 7.65. The van der Waals surface area contributed by atoms with Crippen LogP contribution in [0.2, 0.25) is 0 Å². The molecule has 0 aliphatic heterocycles. The number of nitrogens with one attached hydrogen (secondary N) is 2. The van der Waals surface area contributed by atoms with Crippen molar-refractivity contribution in [3.05, 3.63) is 35.4 Å². The molecule has 0 saturated carbocycles. The van der Waals surface area contributed by atoms with E-state index in [1.54, 1.807) is 7.05 Å². The van der Waals surface area contributed by atoms with Crippen molar-refractivity contribution < 1.29 is 8.42 Å². The maximum absolute atomic E-state index is 11.3. The van der Waals surface area contributed by atoms with Gasteiger partial charge < -0.3 is 10.6 Å². The van der Waals surface area contributed by atoms with E-state index >= 15 is 0 Å². The fourth-order valence-electron chi connectivity index (χ4n) is 2.93. The second-order valence-electron chi connectivity index (χ2n) is 7.21. The molecule has 6 heteroatoms. The molecule has 0 aromatic heterocycles. The first-order chi connectivity index (χ1) is 12.9. The molecule has 154 valence electrons. The quantitative estimate of drug-likeness (QED) is 0.300. The Bertz CT molecular complexity index is 640. The molecule has 0 radical (unpaired) electrons. The summed E-state index contributed by atoms with van der Waals surface area (Å²) in [5.74, 6) is 0.890. The maximum Gasteiger partial charge on any atom is 0.191 e. The first-order valence-corrected chi connectivity index (χ1v) is 12.2. The molecule has 0 bridgehead atoms. The van der Waals surface area contributed by atoms with Crippen LogP contribution in [0.3, 0.4) is 0 Å². The Morgan fingerprint density at radius 2 is 1.44 bits per heavy atom. The zero-order valence-electron chi connectivity index (χ0n) is 17.3. The molecule has 2 N–H and O–H groups in total. The number of aliphatic imine (C=N–C) groups is 1. The largest absolute Gasteiger partial charge is 0.356 e. The Morgan fingerprint density at radius 3 is 2.00 bits per heavy atom. The van der Waals surface area contributed by atoms with Crippen LogP contribution in [0.5, 0.6) is 0 Å². The van der Waals surface area contributed by atoms with E-state index in [1.165, 1.54) is 51.2 Å². The van der Waals surface area contributed by atoms with Crippen LogP contribution in [0.15, 0.2) is 29.3 Å². The predicted octanol–water partition coefficient (Wildman–Crippen LogP) is 4.04. The number of benzene rings is 1. The third-order valence-corrected chi connectivity index (χ3v) is 5.32. The van der Waals surface area contributed by atoms with Crippen molar-refractivity contribution in [1.82, 2.24) is 10.6 Å². The number of guanidine groups is 1. The molecule has 5 nitrogen and oxygen atoms in total. The predicted molar refractivity (Wildman–Crippen MR) is 116 cm³/mol. The average molecular weight is 396 g/mol. The summed E-state index contributed by atoms with van der Waals surface area (Å²) in [6.07, 6.45) is 11.8. The minimum Gasteiger partial charge on any atom is -0.356 e. The fraction of sp³-hybridized carbons (Fsp3) is 0.667. The van der Waals surface area contributed by atoms with Crippen molar-refractivity contribution >= 4 is 15.8 Å². The van der Waals surface area contributed by atoms with Gasteiger partial charge in [0.25, 0.3) is 0 Å². The van der Waals surface area contributed by atoms with Gasteiger partial charge in [-0.3, -0.25) is 4.99 Å². The molecule has 0 atom stereocenters. The molecule has 0 aliphatic carbocycles. The molecule has 1 aromatic rings. The van der Waals surface area contributed by atoms with Crippen molar-refractivity contribution in [2.24, 2.45) is 4.99 Å². The van der Waals surface area contributed by atoms with E-state index in [0.29, 0.717) is 6.54 Å². The van der Waals surface area contributed by atoms with E-state index in [4.69, 9.17) is 0 Å². The second kappa shape index (κ2) is 13.6. The normalized spacial score (nSPS) is 12.2. The van der Waals surface area contributed by atoms with Crippen molar-refractivity contribution in [2.45, 2.75) is 70.6 Å². The van der Waals surface area contributed by atoms with Gasteiger partial charge in [-0.15, -0.1) is 0 Å². The monoisotopic (exact) mass is 395 g/mol. The van der Waals surface area contributed by atoms with Crippen LogP contribution < -0.4 is 10.6 Å². The summed E-state index contributed by atoms with van der Waals surface area (Å²) in [4.78, 5) is 4.25. The van der Waals surface area contributed by atoms with Gasteiger partial charge in [0.15, 0.2) is 15.8 Å². The topological polar surface area (TPSA) is 70.6 Å². The SMILES string of the molecule is CCCCCCCCCCNC(=NC)NCc1ccc(CS(C)(=O)=O)cc1. The average Bonchev–Trinajstić information content (AvgIpc) is 2.63. The molecule has 0 unspecified atom stereocenters. The molecule has 0 amide bonds. The maximum atomic E-state index is 11.3. The first-order valence-electron chi connectivity index (χ1n) is 10.1. The van der Waals surface area contributed by atoms with E-state index in [-0.39, 0.29) is 5.75 Å². The van der Waals surface area contributed by atoms with E-state index in [1.807, 2.05) is 24.3 Å². The van der Waals surface area contributed by atoms with Crippen LogP contribution in [0.1, 0.15) is 69.4 Å². The Hall–Kier alpha value is -1.56. The molecule has 0 spiro atoms. The lowest BCUT2D eigenvalue weighted by Crippen LogP contribution is -2.37. The Morgan fingerprint density at radius 1 is 0.889 bits per heavy atom. The number of hydrogen-bond donors (Lipinski definition) is 2. The number of unbranched alkanes of at least 4 members (excludes halogenated alkanes) is 7. The molecule has 0 aliphatic rings. The number of nitrogens with zero attached hydrogens (tertiary/aromatic N) is 1. The molecule has 1 rings (SSSR count). The van der Waals surface area contributed by atoms with Gasteiger partial charge in [-0.1, -0.05) is 76.1 Å². The molecule has 27 heavy (non-hydrogen) atoms. The van der Waals surface area contributed by atoms with E-state index < -0.39 is 9.84 Å². The molecule has 0 saturated heterocycles. The third-order valence-electron chi connectivity index (χ3n) is 4.46. The smallest absolute Gasteiger partial charge is 0.191 e. The summed E-state index contributed by atoms with van der Waals surface area (Å²) in [5.41, 5.74) is 1.92. The van der Waals surface area contributed by atoms with Crippen LogP contribution in [-0.4, -0.2) is 34.2 Å². The molecule has 0 fully saturated rings. The highest BCUT2D eigenvalue weighted by Gasteiger charge is 2.04. The van der Waals surface area contributed by atoms with Gasteiger partial charge in [0.1, 0.15) is 0 Å². The Labute approximate surface area is 166 Å². The zero-order valence-corrected chi connectivity index (χ0v) is 18.1. The summed E-state index contributed by atoms with van der Waals surface area (Å²) >= 11 is 0. The van der Waals surface area contributed by atoms with Gasteiger partial charge in [-0.05, 0) is 17.5 Å². The highest BCUT2D eigenvalue weighted by molar-refractivity contribution is 7.89. The first kappa shape index (κ1) is 23.5. The summed E-state index contributed by atoms with van der Waals surface area (Å²) in [6.45, 7) is 3.85. The molecule has 1 aromatic carbocycles. The minimum atomic E-state index is -2.99. The van der Waals surface area contributed by atoms with E-state index in [2.05, 4.69) is 22.5 Å². The van der Waals surface area contributed by atoms with Crippen molar-refractivity contribution in [1.29, 1.82) is 0 Å². The lowest BCUT2D eigenvalue weighted by Gasteiger charge is -2.12. The van der Waals surface area contributed by atoms with Gasteiger partial charge in [-0.2, -0.15) is 0 Å². The minimum absolute atomic E-state index is 0.0858. The van der Waals surface area contributed by atoms with Crippen LogP contribution in [-0.2, 0) is 22.1 Å².